The minimum Gasteiger partial charge on any atom is -0.0773 e. The highest BCUT2D eigenvalue weighted by Gasteiger charge is 2.54. The van der Waals surface area contributed by atoms with Crippen molar-refractivity contribution in [2.24, 2.45) is 59.2 Å². The van der Waals surface area contributed by atoms with Gasteiger partial charge in [0.25, 0.3) is 0 Å². The van der Waals surface area contributed by atoms with E-state index in [2.05, 4.69) is 53.0 Å². The van der Waals surface area contributed by atoms with Crippen molar-refractivity contribution in [3.8, 4) is 0 Å². The summed E-state index contributed by atoms with van der Waals surface area (Å²) in [6.07, 6.45) is 15.9. The normalized spacial score (nSPS) is 61.3. The molecule has 1 heterocycles. The predicted octanol–water partition coefficient (Wildman–Crippen LogP) is 8.21. The molecule has 0 radical (unpaired) electrons. The Labute approximate surface area is 184 Å². The predicted molar refractivity (Wildman–Crippen MR) is 127 cm³/mol. The molecule has 8 aliphatic carbocycles. The van der Waals surface area contributed by atoms with Gasteiger partial charge in [-0.1, -0.05) is 43.2 Å². The average molecular weight is 457 g/mol. The van der Waals surface area contributed by atoms with Gasteiger partial charge in [-0.05, 0) is 133 Å². The van der Waals surface area contributed by atoms with Crippen LogP contribution in [0.5, 0.6) is 0 Å². The summed E-state index contributed by atoms with van der Waals surface area (Å²) in [5.41, 5.74) is 0. The molecule has 1 aliphatic heterocycles. The Bertz CT molecular complexity index is 487. The van der Waals surface area contributed by atoms with Crippen LogP contribution in [-0.2, 0) is 0 Å². The van der Waals surface area contributed by atoms with Crippen molar-refractivity contribution in [2.45, 2.75) is 73.4 Å². The molecule has 0 spiro atoms. The van der Waals surface area contributed by atoms with Gasteiger partial charge >= 0.3 is 0 Å². The molecule has 9 fully saturated rings. The molecule has 8 saturated carbocycles. The van der Waals surface area contributed by atoms with Gasteiger partial charge < -0.3 is 0 Å². The van der Waals surface area contributed by atoms with E-state index in [1.54, 1.807) is 64.2 Å². The Kier molecular flexibility index (Phi) is 4.85. The molecule has 8 bridgehead atoms. The van der Waals surface area contributed by atoms with Crippen LogP contribution in [-0.4, -0.2) is 9.16 Å². The Balaban J connectivity index is 1.06. The molecule has 2 atom stereocenters. The third-order valence-electron chi connectivity index (χ3n) is 9.74. The van der Waals surface area contributed by atoms with Crippen LogP contribution in [0.15, 0.2) is 0 Å². The van der Waals surface area contributed by atoms with Crippen LogP contribution in [0.4, 0.5) is 0 Å². The van der Waals surface area contributed by atoms with Crippen molar-refractivity contribution < 1.29 is 0 Å². The van der Waals surface area contributed by atoms with E-state index >= 15 is 0 Å². The van der Waals surface area contributed by atoms with Gasteiger partial charge in [0.1, 0.15) is 0 Å². The molecular weight excluding hydrogens is 425 g/mol. The maximum atomic E-state index is 2.35. The van der Waals surface area contributed by atoms with Crippen molar-refractivity contribution in [1.29, 1.82) is 0 Å². The lowest BCUT2D eigenvalue weighted by Gasteiger charge is -2.56. The zero-order chi connectivity index (χ0) is 17.5. The van der Waals surface area contributed by atoms with E-state index in [-0.39, 0.29) is 0 Å². The van der Waals surface area contributed by atoms with Crippen molar-refractivity contribution in [3.05, 3.63) is 0 Å². The second-order valence-electron chi connectivity index (χ2n) is 11.2. The van der Waals surface area contributed by atoms with Crippen LogP contribution in [0.3, 0.4) is 0 Å². The second-order valence-corrected chi connectivity index (χ2v) is 18.7. The molecular formula is C22H32S5. The first-order chi connectivity index (χ1) is 13.3. The number of rotatable bonds is 2. The first-order valence-electron chi connectivity index (χ1n) is 11.6. The van der Waals surface area contributed by atoms with Crippen LogP contribution in [0, 0.1) is 59.2 Å². The third-order valence-corrected chi connectivity index (χ3v) is 19.3. The fraction of sp³-hybridized carbons (Fsp3) is 1.00. The SMILES string of the molecule is C1C2CC3CC1CC(C2)C3C1SSSC(C2C3CC4CC(C3)CC2C4)SS1. The minimum atomic E-state index is 0.879. The summed E-state index contributed by atoms with van der Waals surface area (Å²) in [6.45, 7) is 0. The lowest BCUT2D eigenvalue weighted by molar-refractivity contribution is -0.0293. The second kappa shape index (κ2) is 7.14. The van der Waals surface area contributed by atoms with Crippen LogP contribution in [0.1, 0.15) is 64.2 Å². The standard InChI is InChI=1S/C22H32S5/c1-11-3-15-5-12(1)6-16(4-11)19(15)21-23-24-22(26-27-25-21)20-17-7-13-2-14(9-17)10-18(20)8-13/h11-22H,1-10H2. The van der Waals surface area contributed by atoms with E-state index in [1.165, 1.54) is 0 Å². The van der Waals surface area contributed by atoms with E-state index in [1.807, 2.05) is 0 Å². The topological polar surface area (TPSA) is 0 Å². The molecule has 0 aromatic carbocycles. The molecule has 9 aliphatic rings. The number of hydrogen-bond donors (Lipinski definition) is 0. The van der Waals surface area contributed by atoms with Gasteiger partial charge in [-0.3, -0.25) is 0 Å². The molecule has 0 nitrogen and oxygen atoms in total. The van der Waals surface area contributed by atoms with Gasteiger partial charge in [0, 0.05) is 0 Å². The van der Waals surface area contributed by atoms with Crippen LogP contribution < -0.4 is 0 Å². The first kappa shape index (κ1) is 18.3. The monoisotopic (exact) mass is 456 g/mol. The summed E-state index contributed by atoms with van der Waals surface area (Å²) < 4.78 is 1.76. The lowest BCUT2D eigenvalue weighted by Crippen LogP contribution is -2.48. The average Bonchev–Trinajstić information content (AvgIpc) is 2.86. The van der Waals surface area contributed by atoms with Gasteiger partial charge in [-0.25, -0.2) is 0 Å². The molecule has 0 aromatic rings. The molecule has 27 heavy (non-hydrogen) atoms. The Morgan fingerprint density at radius 3 is 1.04 bits per heavy atom. The highest BCUT2D eigenvalue weighted by atomic mass is 33.5. The van der Waals surface area contributed by atoms with E-state index in [9.17, 15) is 0 Å². The van der Waals surface area contributed by atoms with E-state index in [0.29, 0.717) is 0 Å². The lowest BCUT2D eigenvalue weighted by atomic mass is 9.52. The minimum absolute atomic E-state index is 0.879. The molecule has 5 heteroatoms. The molecule has 2 unspecified atom stereocenters. The van der Waals surface area contributed by atoms with Gasteiger partial charge in [0.05, 0.1) is 9.16 Å². The highest BCUT2D eigenvalue weighted by molar-refractivity contribution is 9.13. The molecule has 9 rings (SSSR count). The largest absolute Gasteiger partial charge is 0.0773 e. The van der Waals surface area contributed by atoms with Crippen molar-refractivity contribution in [2.75, 3.05) is 0 Å². The van der Waals surface area contributed by atoms with Gasteiger partial charge in [0.15, 0.2) is 0 Å². The van der Waals surface area contributed by atoms with Gasteiger partial charge in [0.2, 0.25) is 0 Å². The summed E-state index contributed by atoms with van der Waals surface area (Å²) in [4.78, 5) is 0. The van der Waals surface area contributed by atoms with E-state index in [4.69, 9.17) is 0 Å². The summed E-state index contributed by atoms with van der Waals surface area (Å²) in [7, 11) is 11.5. The van der Waals surface area contributed by atoms with Gasteiger partial charge in [-0.15, -0.1) is 0 Å². The summed E-state index contributed by atoms with van der Waals surface area (Å²) in [5, 5.41) is 0. The van der Waals surface area contributed by atoms with E-state index < -0.39 is 0 Å². The summed E-state index contributed by atoms with van der Waals surface area (Å²) in [5.74, 6) is 11.0. The smallest absolute Gasteiger partial charge is 0.0751 e. The Morgan fingerprint density at radius 2 is 0.704 bits per heavy atom. The first-order valence-corrected chi connectivity index (χ1v) is 17.5. The summed E-state index contributed by atoms with van der Waals surface area (Å²) >= 11 is 0. The number of hydrogen-bond acceptors (Lipinski definition) is 5. The van der Waals surface area contributed by atoms with Crippen molar-refractivity contribution >= 4 is 53.0 Å². The van der Waals surface area contributed by atoms with Crippen molar-refractivity contribution in [3.63, 3.8) is 0 Å². The highest BCUT2D eigenvalue weighted by Crippen LogP contribution is 2.68. The zero-order valence-corrected chi connectivity index (χ0v) is 20.1. The van der Waals surface area contributed by atoms with Crippen molar-refractivity contribution in [1.82, 2.24) is 0 Å². The summed E-state index contributed by atoms with van der Waals surface area (Å²) in [6, 6.07) is 0. The maximum absolute atomic E-state index is 2.35. The van der Waals surface area contributed by atoms with Crippen LogP contribution in [0.25, 0.3) is 0 Å². The van der Waals surface area contributed by atoms with E-state index in [0.717, 1.165) is 68.3 Å². The fourth-order valence-corrected chi connectivity index (χ4v) is 21.7. The quantitative estimate of drug-likeness (QED) is 0.383. The third kappa shape index (κ3) is 3.12. The molecule has 0 aromatic heterocycles. The fourth-order valence-electron chi connectivity index (χ4n) is 9.32. The molecule has 150 valence electrons. The molecule has 0 amide bonds. The Hall–Kier alpha value is 1.75. The maximum Gasteiger partial charge on any atom is 0.0751 e. The Morgan fingerprint density at radius 1 is 0.370 bits per heavy atom. The molecule has 0 N–H and O–H groups in total. The van der Waals surface area contributed by atoms with Gasteiger partial charge in [-0.2, -0.15) is 0 Å². The molecule has 1 saturated heterocycles. The van der Waals surface area contributed by atoms with Crippen LogP contribution >= 0.6 is 53.0 Å². The van der Waals surface area contributed by atoms with Crippen LogP contribution in [0.2, 0.25) is 0 Å². The zero-order valence-electron chi connectivity index (χ0n) is 16.0.